The predicted octanol–water partition coefficient (Wildman–Crippen LogP) is 4.62. The minimum absolute atomic E-state index is 0.0922. The van der Waals surface area contributed by atoms with Gasteiger partial charge in [0.15, 0.2) is 0 Å². The van der Waals surface area contributed by atoms with E-state index in [2.05, 4.69) is 6.07 Å². The van der Waals surface area contributed by atoms with E-state index in [0.717, 1.165) is 11.1 Å². The topological polar surface area (TPSA) is 64.3 Å². The van der Waals surface area contributed by atoms with Crippen molar-refractivity contribution in [2.45, 2.75) is 37.8 Å². The Morgan fingerprint density at radius 2 is 1.86 bits per heavy atom. The first-order chi connectivity index (χ1) is 13.9. The van der Waals surface area contributed by atoms with E-state index in [4.69, 9.17) is 28.5 Å². The van der Waals surface area contributed by atoms with Crippen LogP contribution in [0.4, 0.5) is 0 Å². The number of fused-ring (bicyclic) bond motifs is 1. The Bertz CT molecular complexity index is 1040. The second-order valence-electron chi connectivity index (χ2n) is 7.66. The molecule has 148 valence electrons. The van der Waals surface area contributed by atoms with Crippen molar-refractivity contribution >= 4 is 34.7 Å². The number of carbonyl (C=O) groups excluding carboxylic acids is 1. The van der Waals surface area contributed by atoms with E-state index in [-0.39, 0.29) is 5.91 Å². The molecule has 29 heavy (non-hydrogen) atoms. The molecule has 2 atom stereocenters. The monoisotopic (exact) mass is 426 g/mol. The number of aliphatic hydroxyl groups excluding tert-OH is 1. The van der Waals surface area contributed by atoms with Crippen molar-refractivity contribution in [3.8, 4) is 6.07 Å². The Labute approximate surface area is 180 Å². The minimum Gasteiger partial charge on any atom is -0.391 e. The molecule has 0 spiro atoms. The van der Waals surface area contributed by atoms with Gasteiger partial charge in [-0.25, -0.2) is 0 Å². The third-order valence-electron chi connectivity index (χ3n) is 5.89. The van der Waals surface area contributed by atoms with Gasteiger partial charge in [-0.05, 0) is 59.9 Å². The van der Waals surface area contributed by atoms with Crippen molar-refractivity contribution < 1.29 is 9.90 Å². The number of nitriles is 1. The van der Waals surface area contributed by atoms with Gasteiger partial charge in [0.2, 0.25) is 0 Å². The molecule has 0 radical (unpaired) electrons. The van der Waals surface area contributed by atoms with Crippen molar-refractivity contribution in [1.82, 2.24) is 4.90 Å². The normalized spacial score (nSPS) is 23.5. The zero-order chi connectivity index (χ0) is 20.8. The first kappa shape index (κ1) is 20.0. The first-order valence-electron chi connectivity index (χ1n) is 9.57. The maximum absolute atomic E-state index is 13.4. The molecule has 0 saturated carbocycles. The molecule has 0 aromatic heterocycles. The quantitative estimate of drug-likeness (QED) is 0.775. The van der Waals surface area contributed by atoms with Gasteiger partial charge in [-0.15, -0.1) is 0 Å². The number of rotatable bonds is 4. The van der Waals surface area contributed by atoms with Crippen molar-refractivity contribution in [3.05, 3.63) is 74.8 Å². The number of nitrogens with zero attached hydrogens (tertiary/aromatic N) is 2. The van der Waals surface area contributed by atoms with E-state index in [0.29, 0.717) is 52.6 Å². The molecule has 4 rings (SSSR count). The molecule has 6 heteroatoms. The predicted molar refractivity (Wildman–Crippen MR) is 114 cm³/mol. The van der Waals surface area contributed by atoms with Crippen LogP contribution in [-0.2, 0) is 11.2 Å². The summed E-state index contributed by atoms with van der Waals surface area (Å²) in [5.74, 6) is -0.0922. The van der Waals surface area contributed by atoms with Crippen LogP contribution >= 0.6 is 23.2 Å². The van der Waals surface area contributed by atoms with E-state index in [1.165, 1.54) is 0 Å². The molecule has 0 aliphatic carbocycles. The smallest absolute Gasteiger partial charge is 0.255 e. The van der Waals surface area contributed by atoms with Crippen LogP contribution in [0.15, 0.2) is 48.0 Å². The summed E-state index contributed by atoms with van der Waals surface area (Å²) in [5.41, 5.74) is 3.39. The largest absolute Gasteiger partial charge is 0.391 e. The summed E-state index contributed by atoms with van der Waals surface area (Å²) < 4.78 is 0. The van der Waals surface area contributed by atoms with Gasteiger partial charge in [-0.2, -0.15) is 5.26 Å². The second-order valence-corrected chi connectivity index (χ2v) is 8.53. The summed E-state index contributed by atoms with van der Waals surface area (Å²) in [7, 11) is 0. The van der Waals surface area contributed by atoms with Gasteiger partial charge in [0.25, 0.3) is 5.91 Å². The Kier molecular flexibility index (Phi) is 5.16. The summed E-state index contributed by atoms with van der Waals surface area (Å²) in [6.45, 7) is 2.33. The highest BCUT2D eigenvalue weighted by atomic mass is 35.5. The van der Waals surface area contributed by atoms with Crippen LogP contribution in [0.2, 0.25) is 10.0 Å². The second kappa shape index (κ2) is 7.50. The van der Waals surface area contributed by atoms with Crippen molar-refractivity contribution in [1.29, 1.82) is 5.26 Å². The van der Waals surface area contributed by atoms with Gasteiger partial charge < -0.3 is 10.0 Å². The fraction of sp³-hybridized carbons (Fsp3) is 0.304. The van der Waals surface area contributed by atoms with Crippen LogP contribution in [0, 0.1) is 11.3 Å². The molecular formula is C23H20Cl2N2O2. The molecule has 2 aromatic carbocycles. The minimum atomic E-state index is -0.580. The van der Waals surface area contributed by atoms with Crippen LogP contribution in [0.5, 0.6) is 0 Å². The zero-order valence-electron chi connectivity index (χ0n) is 16.0. The van der Waals surface area contributed by atoms with E-state index in [1.54, 1.807) is 35.2 Å². The maximum Gasteiger partial charge on any atom is 0.255 e. The zero-order valence-corrected chi connectivity index (χ0v) is 17.5. The SMILES string of the molecule is CCC1=C(c2cc(Cl)cc(Cl)c2)C(=O)N2C[C@H](O)CC12Cc1ccc(C#N)cc1. The highest BCUT2D eigenvalue weighted by Crippen LogP contribution is 2.50. The third-order valence-corrected chi connectivity index (χ3v) is 6.33. The molecule has 4 nitrogen and oxygen atoms in total. The fourth-order valence-corrected chi connectivity index (χ4v) is 5.35. The molecule has 2 heterocycles. The van der Waals surface area contributed by atoms with E-state index in [9.17, 15) is 9.90 Å². The van der Waals surface area contributed by atoms with Crippen LogP contribution in [0.3, 0.4) is 0 Å². The third kappa shape index (κ3) is 3.34. The van der Waals surface area contributed by atoms with Crippen molar-refractivity contribution in [2.24, 2.45) is 0 Å². The summed E-state index contributed by atoms with van der Waals surface area (Å²) >= 11 is 12.4. The van der Waals surface area contributed by atoms with Crippen molar-refractivity contribution in [3.63, 3.8) is 0 Å². The number of halogens is 2. The lowest BCUT2D eigenvalue weighted by Gasteiger charge is -2.35. The molecule has 1 amide bonds. The number of hydrogen-bond donors (Lipinski definition) is 1. The molecule has 2 aliphatic heterocycles. The van der Waals surface area contributed by atoms with Gasteiger partial charge in [0, 0.05) is 28.6 Å². The van der Waals surface area contributed by atoms with Gasteiger partial charge in [-0.1, -0.05) is 42.3 Å². The molecule has 2 aliphatic rings. The number of carbonyl (C=O) groups is 1. The maximum atomic E-state index is 13.4. The fourth-order valence-electron chi connectivity index (χ4n) is 4.82. The number of aliphatic hydroxyl groups is 1. The molecule has 1 N–H and O–H groups in total. The van der Waals surface area contributed by atoms with Gasteiger partial charge >= 0.3 is 0 Å². The molecular weight excluding hydrogens is 407 g/mol. The lowest BCUT2D eigenvalue weighted by atomic mass is 9.79. The van der Waals surface area contributed by atoms with Gasteiger partial charge in [0.05, 0.1) is 23.3 Å². The Hall–Kier alpha value is -2.32. The lowest BCUT2D eigenvalue weighted by molar-refractivity contribution is -0.126. The Balaban J connectivity index is 1.85. The molecule has 1 unspecified atom stereocenters. The van der Waals surface area contributed by atoms with Crippen LogP contribution in [0.25, 0.3) is 5.57 Å². The summed E-state index contributed by atoms with van der Waals surface area (Å²) in [5, 5.41) is 20.5. The average Bonchev–Trinajstić information content (AvgIpc) is 3.11. The summed E-state index contributed by atoms with van der Waals surface area (Å²) in [4.78, 5) is 15.3. The van der Waals surface area contributed by atoms with E-state index < -0.39 is 11.6 Å². The van der Waals surface area contributed by atoms with Crippen molar-refractivity contribution in [2.75, 3.05) is 6.54 Å². The number of benzene rings is 2. The Morgan fingerprint density at radius 3 is 2.45 bits per heavy atom. The summed E-state index contributed by atoms with van der Waals surface area (Å²) in [6.07, 6.45) is 1.18. The van der Waals surface area contributed by atoms with Crippen LogP contribution in [0.1, 0.15) is 36.5 Å². The summed E-state index contributed by atoms with van der Waals surface area (Å²) in [6, 6.07) is 14.7. The highest BCUT2D eigenvalue weighted by molar-refractivity contribution is 6.35. The van der Waals surface area contributed by atoms with Crippen LogP contribution < -0.4 is 0 Å². The highest BCUT2D eigenvalue weighted by Gasteiger charge is 2.55. The van der Waals surface area contributed by atoms with E-state index >= 15 is 0 Å². The first-order valence-corrected chi connectivity index (χ1v) is 10.3. The van der Waals surface area contributed by atoms with E-state index in [1.807, 2.05) is 19.1 Å². The number of β-amino-alcohol motifs (C(OH)–C–C–N with tert-alkyl or cyclic N) is 1. The molecule has 2 aromatic rings. The van der Waals surface area contributed by atoms with Gasteiger partial charge in [0.1, 0.15) is 0 Å². The van der Waals surface area contributed by atoms with Crippen LogP contribution in [-0.4, -0.2) is 34.1 Å². The molecule has 0 bridgehead atoms. The lowest BCUT2D eigenvalue weighted by Crippen LogP contribution is -2.45. The number of amides is 1. The molecule has 1 fully saturated rings. The van der Waals surface area contributed by atoms with Gasteiger partial charge in [-0.3, -0.25) is 4.79 Å². The standard InChI is InChI=1S/C23H20Cl2N2O2/c1-2-20-21(16-7-17(24)9-18(25)8-16)22(29)27-13-19(28)11-23(20,27)10-14-3-5-15(12-26)6-4-14/h3-9,19,28H,2,10-11,13H2,1H3/t19-,23?/m1/s1. The number of hydrogen-bond acceptors (Lipinski definition) is 3. The average molecular weight is 427 g/mol. The molecule has 1 saturated heterocycles. The Morgan fingerprint density at radius 1 is 1.21 bits per heavy atom.